The van der Waals surface area contributed by atoms with Crippen LogP contribution in [0, 0.1) is 0 Å². The molecule has 0 aliphatic heterocycles. The number of methoxy groups -OCH3 is 2. The Balaban J connectivity index is 3.53. The minimum atomic E-state index is -1.07. The molecule has 1 aromatic rings. The highest BCUT2D eigenvalue weighted by atomic mass is 35.5. The smallest absolute Gasteiger partial charge is 0.310 e. The van der Waals surface area contributed by atoms with Crippen LogP contribution in [0.15, 0.2) is 6.07 Å². The molecule has 1 aromatic carbocycles. The molecule has 1 unspecified atom stereocenters. The monoisotopic (exact) mass is 260 g/mol. The van der Waals surface area contributed by atoms with Crippen molar-refractivity contribution in [3.05, 3.63) is 16.7 Å². The third-order valence-corrected chi connectivity index (χ3v) is 2.82. The van der Waals surface area contributed by atoms with E-state index in [0.717, 1.165) is 0 Å². The number of phenolic OH excluding ortho intramolecular Hbond substituents is 1. The van der Waals surface area contributed by atoms with E-state index in [2.05, 4.69) is 0 Å². The van der Waals surface area contributed by atoms with Crippen LogP contribution in [0.4, 0.5) is 0 Å². The lowest BCUT2D eigenvalue weighted by Crippen LogP contribution is -2.10. The molecule has 94 valence electrons. The van der Waals surface area contributed by atoms with E-state index in [9.17, 15) is 9.90 Å². The first kappa shape index (κ1) is 13.4. The molecule has 0 heterocycles. The van der Waals surface area contributed by atoms with Crippen molar-refractivity contribution < 1.29 is 24.5 Å². The second-order valence-electron chi connectivity index (χ2n) is 3.42. The molecule has 0 aliphatic carbocycles. The first-order valence-corrected chi connectivity index (χ1v) is 5.18. The highest BCUT2D eigenvalue weighted by Crippen LogP contribution is 2.45. The van der Waals surface area contributed by atoms with Gasteiger partial charge in [0.25, 0.3) is 0 Å². The summed E-state index contributed by atoms with van der Waals surface area (Å²) < 4.78 is 10.1. The van der Waals surface area contributed by atoms with Gasteiger partial charge in [-0.05, 0) is 6.92 Å². The average Bonchev–Trinajstić information content (AvgIpc) is 2.30. The van der Waals surface area contributed by atoms with Crippen molar-refractivity contribution in [3.8, 4) is 17.2 Å². The van der Waals surface area contributed by atoms with Gasteiger partial charge >= 0.3 is 5.97 Å². The lowest BCUT2D eigenvalue weighted by atomic mass is 9.99. The van der Waals surface area contributed by atoms with E-state index >= 15 is 0 Å². The normalized spacial score (nSPS) is 12.0. The van der Waals surface area contributed by atoms with Crippen molar-refractivity contribution in [2.24, 2.45) is 0 Å². The number of aliphatic carboxylic acids is 1. The van der Waals surface area contributed by atoms with Crippen LogP contribution in [0.5, 0.6) is 17.2 Å². The predicted molar refractivity (Wildman–Crippen MR) is 62.3 cm³/mol. The number of hydrogen-bond acceptors (Lipinski definition) is 4. The molecule has 0 spiro atoms. The fourth-order valence-electron chi connectivity index (χ4n) is 1.50. The van der Waals surface area contributed by atoms with Crippen LogP contribution in [0.3, 0.4) is 0 Å². The number of hydrogen-bond donors (Lipinski definition) is 2. The zero-order valence-corrected chi connectivity index (χ0v) is 10.4. The van der Waals surface area contributed by atoms with E-state index in [4.69, 9.17) is 26.2 Å². The second-order valence-corrected chi connectivity index (χ2v) is 3.80. The first-order chi connectivity index (χ1) is 7.93. The molecule has 1 atom stereocenters. The summed E-state index contributed by atoms with van der Waals surface area (Å²) in [7, 11) is 2.77. The number of rotatable bonds is 4. The molecule has 0 fully saturated rings. The predicted octanol–water partition coefficient (Wildman–Crippen LogP) is 2.25. The van der Waals surface area contributed by atoms with Gasteiger partial charge < -0.3 is 19.7 Å². The number of ether oxygens (including phenoxy) is 2. The van der Waals surface area contributed by atoms with Crippen LogP contribution < -0.4 is 9.47 Å². The molecule has 0 saturated carbocycles. The Labute approximate surface area is 104 Å². The Morgan fingerprint density at radius 1 is 1.41 bits per heavy atom. The van der Waals surface area contributed by atoms with Gasteiger partial charge in [-0.3, -0.25) is 4.79 Å². The molecule has 0 radical (unpaired) electrons. The van der Waals surface area contributed by atoms with Crippen molar-refractivity contribution in [1.82, 2.24) is 0 Å². The van der Waals surface area contributed by atoms with E-state index in [0.29, 0.717) is 0 Å². The van der Waals surface area contributed by atoms with Gasteiger partial charge in [0.05, 0.1) is 25.2 Å². The number of benzene rings is 1. The number of carboxylic acid groups (broad SMARTS) is 1. The van der Waals surface area contributed by atoms with E-state index in [-0.39, 0.29) is 27.8 Å². The third-order valence-electron chi connectivity index (χ3n) is 2.43. The molecule has 6 heteroatoms. The molecule has 0 bridgehead atoms. The summed E-state index contributed by atoms with van der Waals surface area (Å²) in [5.41, 5.74) is 0.193. The van der Waals surface area contributed by atoms with Gasteiger partial charge in [0.15, 0.2) is 11.5 Å². The number of carboxylic acids is 1. The summed E-state index contributed by atoms with van der Waals surface area (Å²) >= 11 is 5.90. The molecular formula is C11H13ClO5. The van der Waals surface area contributed by atoms with Crippen molar-refractivity contribution in [3.63, 3.8) is 0 Å². The van der Waals surface area contributed by atoms with E-state index in [1.54, 1.807) is 0 Å². The molecule has 0 saturated heterocycles. The Hall–Kier alpha value is -1.62. The van der Waals surface area contributed by atoms with Gasteiger partial charge in [0.1, 0.15) is 5.75 Å². The van der Waals surface area contributed by atoms with Crippen molar-refractivity contribution in [2.45, 2.75) is 12.8 Å². The molecular weight excluding hydrogens is 248 g/mol. The highest BCUT2D eigenvalue weighted by Gasteiger charge is 2.26. The lowest BCUT2D eigenvalue weighted by Gasteiger charge is -2.17. The Kier molecular flexibility index (Phi) is 4.07. The van der Waals surface area contributed by atoms with Crippen LogP contribution in [-0.4, -0.2) is 30.4 Å². The van der Waals surface area contributed by atoms with E-state index < -0.39 is 11.9 Å². The summed E-state index contributed by atoms with van der Waals surface area (Å²) in [5.74, 6) is -1.79. The Morgan fingerprint density at radius 2 is 2.00 bits per heavy atom. The molecule has 2 N–H and O–H groups in total. The van der Waals surface area contributed by atoms with E-state index in [1.807, 2.05) is 0 Å². The number of carbonyl (C=O) groups is 1. The maximum Gasteiger partial charge on any atom is 0.310 e. The molecule has 17 heavy (non-hydrogen) atoms. The van der Waals surface area contributed by atoms with Crippen molar-refractivity contribution >= 4 is 17.6 Å². The summed E-state index contributed by atoms with van der Waals surface area (Å²) in [6, 6.07) is 1.28. The van der Waals surface area contributed by atoms with Gasteiger partial charge in [0.2, 0.25) is 0 Å². The van der Waals surface area contributed by atoms with Crippen molar-refractivity contribution in [2.75, 3.05) is 14.2 Å². The zero-order chi connectivity index (χ0) is 13.2. The topological polar surface area (TPSA) is 76.0 Å². The highest BCUT2D eigenvalue weighted by molar-refractivity contribution is 6.33. The fraction of sp³-hybridized carbons (Fsp3) is 0.364. The maximum absolute atomic E-state index is 11.0. The van der Waals surface area contributed by atoms with Crippen molar-refractivity contribution in [1.29, 1.82) is 0 Å². The number of aromatic hydroxyl groups is 1. The Morgan fingerprint density at radius 3 is 2.41 bits per heavy atom. The van der Waals surface area contributed by atoms with Gasteiger partial charge in [-0.2, -0.15) is 0 Å². The number of halogens is 1. The molecule has 0 amide bonds. The average molecular weight is 261 g/mol. The Bertz CT molecular complexity index is 444. The lowest BCUT2D eigenvalue weighted by molar-refractivity contribution is -0.138. The maximum atomic E-state index is 11.0. The molecule has 0 aromatic heterocycles. The SMILES string of the molecule is COc1cc(O)c(Cl)c(C(C)C(=O)O)c1OC. The van der Waals surface area contributed by atoms with E-state index in [1.165, 1.54) is 27.2 Å². The number of phenols is 1. The van der Waals surface area contributed by atoms with Crippen LogP contribution >= 0.6 is 11.6 Å². The minimum absolute atomic E-state index is 0.0439. The van der Waals surface area contributed by atoms with Gasteiger partial charge in [-0.15, -0.1) is 0 Å². The fourth-order valence-corrected chi connectivity index (χ4v) is 1.80. The van der Waals surface area contributed by atoms with Crippen LogP contribution in [0.25, 0.3) is 0 Å². The molecule has 5 nitrogen and oxygen atoms in total. The zero-order valence-electron chi connectivity index (χ0n) is 9.65. The summed E-state index contributed by atoms with van der Waals surface area (Å²) in [5, 5.41) is 18.6. The van der Waals surface area contributed by atoms with Crippen LogP contribution in [0.1, 0.15) is 18.4 Å². The summed E-state index contributed by atoms with van der Waals surface area (Å²) in [6.45, 7) is 1.45. The quantitative estimate of drug-likeness (QED) is 0.868. The third kappa shape index (κ3) is 2.39. The van der Waals surface area contributed by atoms with Crippen LogP contribution in [0.2, 0.25) is 5.02 Å². The standard InChI is InChI=1S/C11H13ClO5/c1-5(11(14)15)8-9(12)6(13)4-7(16-2)10(8)17-3/h4-5,13H,1-3H3,(H,14,15). The van der Waals surface area contributed by atoms with Gasteiger partial charge in [-0.25, -0.2) is 0 Å². The van der Waals surface area contributed by atoms with Gasteiger partial charge in [0, 0.05) is 11.6 Å². The molecule has 0 aliphatic rings. The largest absolute Gasteiger partial charge is 0.506 e. The molecule has 1 rings (SSSR count). The first-order valence-electron chi connectivity index (χ1n) is 4.80. The summed E-state index contributed by atoms with van der Waals surface area (Å²) in [6.07, 6.45) is 0. The van der Waals surface area contributed by atoms with Gasteiger partial charge in [-0.1, -0.05) is 11.6 Å². The van der Waals surface area contributed by atoms with Crippen LogP contribution in [-0.2, 0) is 4.79 Å². The second kappa shape index (κ2) is 5.14. The summed E-state index contributed by atoms with van der Waals surface area (Å²) in [4.78, 5) is 11.0. The minimum Gasteiger partial charge on any atom is -0.506 e.